The second kappa shape index (κ2) is 2.96. The van der Waals surface area contributed by atoms with Gasteiger partial charge in [-0.1, -0.05) is 36.4 Å². The van der Waals surface area contributed by atoms with Gasteiger partial charge >= 0.3 is 0 Å². The van der Waals surface area contributed by atoms with Crippen molar-refractivity contribution in [2.24, 2.45) is 0 Å². The number of hydrogen-bond donors (Lipinski definition) is 0. The van der Waals surface area contributed by atoms with Crippen LogP contribution in [0.1, 0.15) is 26.3 Å². The van der Waals surface area contributed by atoms with Gasteiger partial charge in [0.25, 0.3) is 0 Å². The van der Waals surface area contributed by atoms with Crippen LogP contribution in [0, 0.1) is 0 Å². The maximum atomic E-state index is 6.01. The fraction of sp³-hybridized carbons (Fsp3) is 0.385. The number of benzene rings is 1. The van der Waals surface area contributed by atoms with E-state index in [-0.39, 0.29) is 11.2 Å². The number of ether oxygens (including phenoxy) is 1. The van der Waals surface area contributed by atoms with Crippen molar-refractivity contribution in [3.8, 4) is 0 Å². The summed E-state index contributed by atoms with van der Waals surface area (Å²) in [4.78, 5) is 0. The van der Waals surface area contributed by atoms with E-state index >= 15 is 0 Å². The van der Waals surface area contributed by atoms with E-state index < -0.39 is 0 Å². The molecule has 0 bridgehead atoms. The third kappa shape index (κ3) is 1.60. The molecule has 0 aliphatic carbocycles. The van der Waals surface area contributed by atoms with Gasteiger partial charge in [-0.05, 0) is 32.4 Å². The summed E-state index contributed by atoms with van der Waals surface area (Å²) in [5.41, 5.74) is 0.803. The summed E-state index contributed by atoms with van der Waals surface area (Å²) in [6.45, 7) is 6.27. The Hall–Kier alpha value is -1.08. The number of hydrogen-bond acceptors (Lipinski definition) is 1. The normalized spacial score (nSPS) is 29.4. The maximum absolute atomic E-state index is 6.01. The minimum absolute atomic E-state index is 0.148. The molecule has 1 aromatic carbocycles. The molecule has 14 heavy (non-hydrogen) atoms. The molecule has 0 fully saturated rings. The second-order valence-electron chi connectivity index (χ2n) is 4.51. The Morgan fingerprint density at radius 3 is 2.07 bits per heavy atom. The van der Waals surface area contributed by atoms with Gasteiger partial charge in [0.2, 0.25) is 0 Å². The molecule has 1 aromatic rings. The quantitative estimate of drug-likeness (QED) is 0.615. The van der Waals surface area contributed by atoms with Crippen LogP contribution in [0.3, 0.4) is 0 Å². The molecule has 1 aliphatic rings. The van der Waals surface area contributed by atoms with E-state index in [0.29, 0.717) is 0 Å². The molecule has 0 spiro atoms. The zero-order valence-electron chi connectivity index (χ0n) is 8.95. The summed E-state index contributed by atoms with van der Waals surface area (Å²) in [7, 11) is 0. The van der Waals surface area contributed by atoms with Crippen LogP contribution in [0.2, 0.25) is 0 Å². The molecule has 0 N–H and O–H groups in total. The summed E-state index contributed by atoms with van der Waals surface area (Å²) in [6.07, 6.45) is 4.27. The van der Waals surface area contributed by atoms with Crippen molar-refractivity contribution in [2.45, 2.75) is 32.0 Å². The molecule has 1 heteroatoms. The second-order valence-corrected chi connectivity index (χ2v) is 4.51. The van der Waals surface area contributed by atoms with Gasteiger partial charge in [0, 0.05) is 0 Å². The highest BCUT2D eigenvalue weighted by molar-refractivity contribution is 5.30. The first-order chi connectivity index (χ1) is 6.52. The molecule has 0 unspecified atom stereocenters. The lowest BCUT2D eigenvalue weighted by molar-refractivity contribution is -0.0628. The van der Waals surface area contributed by atoms with Crippen LogP contribution in [-0.2, 0) is 10.3 Å². The van der Waals surface area contributed by atoms with Crippen molar-refractivity contribution in [2.75, 3.05) is 0 Å². The van der Waals surface area contributed by atoms with Crippen molar-refractivity contribution >= 4 is 0 Å². The molecule has 0 amide bonds. The average Bonchev–Trinajstić information content (AvgIpc) is 2.44. The molecule has 0 aromatic heterocycles. The van der Waals surface area contributed by atoms with Crippen molar-refractivity contribution < 1.29 is 4.74 Å². The Balaban J connectivity index is 2.33. The van der Waals surface area contributed by atoms with Gasteiger partial charge in [-0.3, -0.25) is 0 Å². The monoisotopic (exact) mass is 188 g/mol. The molecule has 1 aliphatic heterocycles. The van der Waals surface area contributed by atoms with Crippen LogP contribution in [-0.4, -0.2) is 5.60 Å². The van der Waals surface area contributed by atoms with Crippen LogP contribution in [0.5, 0.6) is 0 Å². The Bertz CT molecular complexity index is 351. The van der Waals surface area contributed by atoms with E-state index in [9.17, 15) is 0 Å². The molecule has 2 rings (SSSR count). The smallest absolute Gasteiger partial charge is 0.110 e. The molecule has 0 saturated heterocycles. The van der Waals surface area contributed by atoms with Crippen molar-refractivity contribution in [3.05, 3.63) is 48.0 Å². The van der Waals surface area contributed by atoms with Crippen LogP contribution < -0.4 is 0 Å². The van der Waals surface area contributed by atoms with Gasteiger partial charge in [-0.25, -0.2) is 0 Å². The first kappa shape index (κ1) is 9.47. The molecule has 1 atom stereocenters. The lowest BCUT2D eigenvalue weighted by atomic mass is 9.97. The summed E-state index contributed by atoms with van der Waals surface area (Å²) in [5, 5.41) is 0. The third-order valence-electron chi connectivity index (χ3n) is 2.62. The van der Waals surface area contributed by atoms with Crippen molar-refractivity contribution in [3.63, 3.8) is 0 Å². The zero-order chi connectivity index (χ0) is 10.2. The van der Waals surface area contributed by atoms with Crippen molar-refractivity contribution in [1.82, 2.24) is 0 Å². The first-order valence-electron chi connectivity index (χ1n) is 4.98. The van der Waals surface area contributed by atoms with Gasteiger partial charge in [0.15, 0.2) is 0 Å². The first-order valence-corrected chi connectivity index (χ1v) is 4.98. The summed E-state index contributed by atoms with van der Waals surface area (Å²) in [6, 6.07) is 10.3. The standard InChI is InChI=1S/C13H16O/c1-12(2)9-10-13(3,14-12)11-7-5-4-6-8-11/h4-10H,1-3H3/t13-/m0/s1. The summed E-state index contributed by atoms with van der Waals surface area (Å²) < 4.78 is 6.01. The van der Waals surface area contributed by atoms with E-state index in [1.54, 1.807) is 0 Å². The largest absolute Gasteiger partial charge is 0.357 e. The van der Waals surface area contributed by atoms with Crippen LogP contribution >= 0.6 is 0 Å². The SMILES string of the molecule is CC1(C)C=C[C@@](C)(c2ccccc2)O1. The molecule has 1 nitrogen and oxygen atoms in total. The van der Waals surface area contributed by atoms with Gasteiger partial charge in [0.05, 0.1) is 5.60 Å². The molecule has 1 heterocycles. The molecule has 74 valence electrons. The fourth-order valence-corrected chi connectivity index (χ4v) is 1.90. The zero-order valence-corrected chi connectivity index (χ0v) is 8.95. The van der Waals surface area contributed by atoms with Gasteiger partial charge < -0.3 is 4.74 Å². The van der Waals surface area contributed by atoms with Gasteiger partial charge in [-0.15, -0.1) is 0 Å². The minimum Gasteiger partial charge on any atom is -0.357 e. The Morgan fingerprint density at radius 1 is 0.929 bits per heavy atom. The maximum Gasteiger partial charge on any atom is 0.110 e. The summed E-state index contributed by atoms with van der Waals surface area (Å²) in [5.74, 6) is 0. The highest BCUT2D eigenvalue weighted by Gasteiger charge is 2.36. The molecular weight excluding hydrogens is 172 g/mol. The number of rotatable bonds is 1. The summed E-state index contributed by atoms with van der Waals surface area (Å²) >= 11 is 0. The average molecular weight is 188 g/mol. The molecule has 0 saturated carbocycles. The fourth-order valence-electron chi connectivity index (χ4n) is 1.90. The predicted octanol–water partition coefficient (Wildman–Crippen LogP) is 3.27. The highest BCUT2D eigenvalue weighted by Crippen LogP contribution is 2.38. The lowest BCUT2D eigenvalue weighted by Gasteiger charge is -2.28. The Kier molecular flexibility index (Phi) is 2.00. The van der Waals surface area contributed by atoms with Gasteiger partial charge in [0.1, 0.15) is 5.60 Å². The highest BCUT2D eigenvalue weighted by atomic mass is 16.5. The van der Waals surface area contributed by atoms with Gasteiger partial charge in [-0.2, -0.15) is 0 Å². The predicted molar refractivity (Wildman–Crippen MR) is 58.1 cm³/mol. The Labute approximate surface area is 85.4 Å². The molecule has 0 radical (unpaired) electrons. The van der Waals surface area contributed by atoms with E-state index in [1.165, 1.54) is 5.56 Å². The van der Waals surface area contributed by atoms with E-state index in [2.05, 4.69) is 45.1 Å². The van der Waals surface area contributed by atoms with Crippen LogP contribution in [0.15, 0.2) is 42.5 Å². The molecular formula is C13H16O. The minimum atomic E-state index is -0.259. The van der Waals surface area contributed by atoms with E-state index in [0.717, 1.165) is 0 Å². The van der Waals surface area contributed by atoms with Crippen LogP contribution in [0.25, 0.3) is 0 Å². The van der Waals surface area contributed by atoms with E-state index in [1.807, 2.05) is 18.2 Å². The van der Waals surface area contributed by atoms with Crippen molar-refractivity contribution in [1.29, 1.82) is 0 Å². The topological polar surface area (TPSA) is 9.23 Å². The third-order valence-corrected chi connectivity index (χ3v) is 2.62. The lowest BCUT2D eigenvalue weighted by Crippen LogP contribution is -2.28. The van der Waals surface area contributed by atoms with Crippen LogP contribution in [0.4, 0.5) is 0 Å². The van der Waals surface area contributed by atoms with E-state index in [4.69, 9.17) is 4.74 Å². The Morgan fingerprint density at radius 2 is 1.57 bits per heavy atom.